The lowest BCUT2D eigenvalue weighted by Gasteiger charge is -2.28. The molecule has 3 rings (SSSR count). The van der Waals surface area contributed by atoms with E-state index in [1.54, 1.807) is 18.2 Å². The van der Waals surface area contributed by atoms with Gasteiger partial charge in [0.05, 0.1) is 19.8 Å². The highest BCUT2D eigenvalue weighted by Gasteiger charge is 2.23. The van der Waals surface area contributed by atoms with E-state index in [0.717, 1.165) is 0 Å². The number of carbonyl (C=O) groups excluding carboxylic acids is 1. The molecule has 1 amide bonds. The van der Waals surface area contributed by atoms with Gasteiger partial charge in [-0.1, -0.05) is 18.2 Å². The number of amides is 1. The lowest BCUT2D eigenvalue weighted by Crippen LogP contribution is -2.45. The van der Waals surface area contributed by atoms with Gasteiger partial charge < -0.3 is 15.0 Å². The smallest absolute Gasteiger partial charge is 0.228 e. The maximum absolute atomic E-state index is 14.0. The van der Waals surface area contributed by atoms with E-state index in [2.05, 4.69) is 5.32 Å². The van der Waals surface area contributed by atoms with Crippen LogP contribution in [0.2, 0.25) is 0 Å². The summed E-state index contributed by atoms with van der Waals surface area (Å²) in [4.78, 5) is 14.3. The van der Waals surface area contributed by atoms with Crippen LogP contribution in [-0.4, -0.2) is 31.7 Å². The molecule has 0 radical (unpaired) electrons. The summed E-state index contributed by atoms with van der Waals surface area (Å²) in [5, 5.41) is 3.23. The van der Waals surface area contributed by atoms with Gasteiger partial charge in [-0.25, -0.2) is 8.78 Å². The first kappa shape index (κ1) is 17.5. The van der Waals surface area contributed by atoms with Crippen LogP contribution in [0.25, 0.3) is 0 Å². The number of carbonyl (C=O) groups is 1. The van der Waals surface area contributed by atoms with Crippen LogP contribution in [0.4, 0.5) is 14.5 Å². The number of nitrogens with one attached hydrogen (secondary N) is 1. The van der Waals surface area contributed by atoms with Gasteiger partial charge in [0.15, 0.2) is 0 Å². The maximum Gasteiger partial charge on any atom is 0.228 e. The van der Waals surface area contributed by atoms with Gasteiger partial charge in [0, 0.05) is 30.3 Å². The normalized spacial score (nSPS) is 17.3. The average molecular weight is 346 g/mol. The second-order valence-corrected chi connectivity index (χ2v) is 5.98. The zero-order valence-electron chi connectivity index (χ0n) is 13.8. The Morgan fingerprint density at radius 2 is 1.92 bits per heavy atom. The molecule has 1 aliphatic heterocycles. The first-order chi connectivity index (χ1) is 12.1. The molecule has 1 heterocycles. The van der Waals surface area contributed by atoms with Crippen LogP contribution in [0.3, 0.4) is 0 Å². The lowest BCUT2D eigenvalue weighted by atomic mass is 10.1. The Morgan fingerprint density at radius 3 is 2.60 bits per heavy atom. The van der Waals surface area contributed by atoms with E-state index in [9.17, 15) is 13.6 Å². The average Bonchev–Trinajstić information content (AvgIpc) is 2.63. The van der Waals surface area contributed by atoms with Gasteiger partial charge in [0.2, 0.25) is 5.91 Å². The Bertz CT molecular complexity index is 716. The van der Waals surface area contributed by atoms with E-state index < -0.39 is 0 Å². The van der Waals surface area contributed by atoms with E-state index in [4.69, 9.17) is 4.74 Å². The Balaban J connectivity index is 1.81. The molecule has 1 aliphatic rings. The van der Waals surface area contributed by atoms with Crippen molar-refractivity contribution in [3.05, 3.63) is 65.7 Å². The molecule has 6 heteroatoms. The molecule has 4 nitrogen and oxygen atoms in total. The van der Waals surface area contributed by atoms with Crippen LogP contribution >= 0.6 is 0 Å². The monoisotopic (exact) mass is 346 g/mol. The second-order valence-electron chi connectivity index (χ2n) is 5.98. The summed E-state index contributed by atoms with van der Waals surface area (Å²) in [6.07, 6.45) is 0.228. The summed E-state index contributed by atoms with van der Waals surface area (Å²) < 4.78 is 32.6. The quantitative estimate of drug-likeness (QED) is 0.905. The summed E-state index contributed by atoms with van der Waals surface area (Å²) in [6, 6.07) is 11.9. The second kappa shape index (κ2) is 8.18. The summed E-state index contributed by atoms with van der Waals surface area (Å²) >= 11 is 0. The molecule has 1 fully saturated rings. The fraction of sp³-hybridized carbons (Fsp3) is 0.316. The molecule has 1 atom stereocenters. The molecule has 1 N–H and O–H groups in total. The summed E-state index contributed by atoms with van der Waals surface area (Å²) in [7, 11) is 0. The summed E-state index contributed by atoms with van der Waals surface area (Å²) in [6.45, 7) is 1.87. The zero-order chi connectivity index (χ0) is 17.6. The van der Waals surface area contributed by atoms with Crippen molar-refractivity contribution >= 4 is 11.6 Å². The van der Waals surface area contributed by atoms with E-state index in [1.807, 2.05) is 0 Å². The van der Waals surface area contributed by atoms with Gasteiger partial charge in [0.1, 0.15) is 11.6 Å². The standard InChI is InChI=1S/C19H20F2N2O2/c20-15-5-7-17(8-6-15)23(12-14-3-1-2-4-18(14)21)19(24)11-16-13-25-10-9-22-16/h1-8,16,22H,9-13H2. The number of rotatable bonds is 5. The van der Waals surface area contributed by atoms with E-state index in [-0.39, 0.29) is 36.5 Å². The molecular weight excluding hydrogens is 326 g/mol. The molecule has 0 saturated carbocycles. The highest BCUT2D eigenvalue weighted by Crippen LogP contribution is 2.21. The first-order valence-electron chi connectivity index (χ1n) is 8.24. The van der Waals surface area contributed by atoms with Crippen molar-refractivity contribution < 1.29 is 18.3 Å². The van der Waals surface area contributed by atoms with Gasteiger partial charge in [-0.2, -0.15) is 0 Å². The van der Waals surface area contributed by atoms with E-state index in [0.29, 0.717) is 31.0 Å². The third-order valence-electron chi connectivity index (χ3n) is 4.15. The number of hydrogen-bond acceptors (Lipinski definition) is 3. The molecule has 2 aromatic rings. The molecule has 1 saturated heterocycles. The number of anilines is 1. The lowest BCUT2D eigenvalue weighted by molar-refractivity contribution is -0.119. The van der Waals surface area contributed by atoms with E-state index in [1.165, 1.54) is 35.2 Å². The van der Waals surface area contributed by atoms with Crippen molar-refractivity contribution in [1.82, 2.24) is 5.32 Å². The van der Waals surface area contributed by atoms with Gasteiger partial charge in [-0.05, 0) is 30.3 Å². The number of nitrogens with zero attached hydrogens (tertiary/aromatic N) is 1. The summed E-state index contributed by atoms with van der Waals surface area (Å²) in [5.74, 6) is -0.927. The highest BCUT2D eigenvalue weighted by atomic mass is 19.1. The molecule has 0 bridgehead atoms. The van der Waals surface area contributed by atoms with Gasteiger partial charge in [-0.3, -0.25) is 4.79 Å². The van der Waals surface area contributed by atoms with Crippen LogP contribution in [0.5, 0.6) is 0 Å². The van der Waals surface area contributed by atoms with Crippen LogP contribution in [-0.2, 0) is 16.1 Å². The van der Waals surface area contributed by atoms with Crippen molar-refractivity contribution in [1.29, 1.82) is 0 Å². The van der Waals surface area contributed by atoms with Crippen molar-refractivity contribution in [2.24, 2.45) is 0 Å². The number of morpholine rings is 1. The van der Waals surface area contributed by atoms with E-state index >= 15 is 0 Å². The van der Waals surface area contributed by atoms with Gasteiger partial charge in [0.25, 0.3) is 0 Å². The topological polar surface area (TPSA) is 41.6 Å². The van der Waals surface area contributed by atoms with Crippen LogP contribution in [0, 0.1) is 11.6 Å². The maximum atomic E-state index is 14.0. The minimum absolute atomic E-state index is 0.0789. The van der Waals surface area contributed by atoms with Crippen molar-refractivity contribution in [3.63, 3.8) is 0 Å². The Kier molecular flexibility index (Phi) is 5.73. The first-order valence-corrected chi connectivity index (χ1v) is 8.24. The molecule has 2 aromatic carbocycles. The Morgan fingerprint density at radius 1 is 1.16 bits per heavy atom. The molecule has 25 heavy (non-hydrogen) atoms. The Labute approximate surface area is 145 Å². The number of ether oxygens (including phenoxy) is 1. The number of hydrogen-bond donors (Lipinski definition) is 1. The Hall–Kier alpha value is -2.31. The predicted molar refractivity (Wildman–Crippen MR) is 91.2 cm³/mol. The third-order valence-corrected chi connectivity index (χ3v) is 4.15. The van der Waals surface area contributed by atoms with Crippen LogP contribution < -0.4 is 10.2 Å². The molecule has 0 aromatic heterocycles. The minimum Gasteiger partial charge on any atom is -0.378 e. The largest absolute Gasteiger partial charge is 0.378 e. The molecule has 1 unspecified atom stereocenters. The SMILES string of the molecule is O=C(CC1COCCN1)N(Cc1ccccc1F)c1ccc(F)cc1. The van der Waals surface area contributed by atoms with Gasteiger partial charge in [-0.15, -0.1) is 0 Å². The predicted octanol–water partition coefficient (Wildman–Crippen LogP) is 2.88. The highest BCUT2D eigenvalue weighted by molar-refractivity contribution is 5.93. The fourth-order valence-electron chi connectivity index (χ4n) is 2.81. The minimum atomic E-state index is -0.385. The number of benzene rings is 2. The van der Waals surface area contributed by atoms with Crippen molar-refractivity contribution in [3.8, 4) is 0 Å². The zero-order valence-corrected chi connectivity index (χ0v) is 13.8. The molecule has 132 valence electrons. The fourth-order valence-corrected chi connectivity index (χ4v) is 2.81. The number of halogens is 2. The molecule has 0 spiro atoms. The van der Waals surface area contributed by atoms with Gasteiger partial charge >= 0.3 is 0 Å². The molecule has 0 aliphatic carbocycles. The van der Waals surface area contributed by atoms with Crippen molar-refractivity contribution in [2.45, 2.75) is 19.0 Å². The van der Waals surface area contributed by atoms with Crippen LogP contribution in [0.15, 0.2) is 48.5 Å². The summed E-state index contributed by atoms with van der Waals surface area (Å²) in [5.41, 5.74) is 0.944. The van der Waals surface area contributed by atoms with Crippen molar-refractivity contribution in [2.75, 3.05) is 24.7 Å². The molecular formula is C19H20F2N2O2. The third kappa shape index (κ3) is 4.61. The van der Waals surface area contributed by atoms with Crippen LogP contribution in [0.1, 0.15) is 12.0 Å².